The van der Waals surface area contributed by atoms with Crippen molar-refractivity contribution in [1.82, 2.24) is 5.32 Å². The molecular formula is C23H39NO7. The first-order valence-corrected chi connectivity index (χ1v) is 10.8. The molecule has 1 aromatic carbocycles. The molecule has 8 nitrogen and oxygen atoms in total. The Bertz CT molecular complexity index is 618. The topological polar surface area (TPSA) is 84.5 Å². The first-order chi connectivity index (χ1) is 14.8. The highest BCUT2D eigenvalue weighted by atomic mass is 16.6. The molecule has 0 fully saturated rings. The quantitative estimate of drug-likeness (QED) is 0.309. The van der Waals surface area contributed by atoms with Crippen molar-refractivity contribution >= 4 is 5.97 Å². The third kappa shape index (κ3) is 11.8. The van der Waals surface area contributed by atoms with Crippen molar-refractivity contribution < 1.29 is 33.2 Å². The van der Waals surface area contributed by atoms with Gasteiger partial charge in [-0.3, -0.25) is 4.79 Å². The fourth-order valence-corrected chi connectivity index (χ4v) is 2.78. The van der Waals surface area contributed by atoms with Crippen LogP contribution in [0, 0.1) is 0 Å². The van der Waals surface area contributed by atoms with Crippen LogP contribution in [-0.2, 0) is 25.5 Å². The summed E-state index contributed by atoms with van der Waals surface area (Å²) in [6.07, 6.45) is 1.00. The summed E-state index contributed by atoms with van der Waals surface area (Å²) in [6.45, 7) is 11.4. The van der Waals surface area contributed by atoms with Crippen LogP contribution in [-0.4, -0.2) is 65.4 Å². The summed E-state index contributed by atoms with van der Waals surface area (Å²) in [5.41, 5.74) is 0.491. The number of nitrogens with one attached hydrogen (secondary N) is 1. The van der Waals surface area contributed by atoms with E-state index in [2.05, 4.69) is 5.32 Å². The second-order valence-corrected chi connectivity index (χ2v) is 7.83. The van der Waals surface area contributed by atoms with Crippen LogP contribution in [0.1, 0.15) is 46.1 Å². The van der Waals surface area contributed by atoms with Crippen molar-refractivity contribution in [2.75, 3.05) is 53.8 Å². The molecule has 0 unspecified atom stereocenters. The van der Waals surface area contributed by atoms with Gasteiger partial charge in [-0.15, -0.1) is 0 Å². The van der Waals surface area contributed by atoms with E-state index in [1.807, 2.05) is 39.8 Å². The first-order valence-electron chi connectivity index (χ1n) is 10.8. The van der Waals surface area contributed by atoms with Crippen molar-refractivity contribution in [2.45, 2.75) is 52.7 Å². The van der Waals surface area contributed by atoms with Crippen LogP contribution < -0.4 is 19.5 Å². The SMILES string of the molecule is CCOc1cc(OC)c(CNCCOCCOCCCC(=O)OC(C)(C)C)c(OC)c1. The van der Waals surface area contributed by atoms with Crippen LogP contribution in [0.3, 0.4) is 0 Å². The van der Waals surface area contributed by atoms with Gasteiger partial charge in [-0.05, 0) is 34.1 Å². The van der Waals surface area contributed by atoms with E-state index in [9.17, 15) is 4.79 Å². The summed E-state index contributed by atoms with van der Waals surface area (Å²) < 4.78 is 32.8. The Morgan fingerprint density at radius 2 is 1.58 bits per heavy atom. The molecule has 0 aliphatic rings. The predicted octanol–water partition coefficient (Wildman–Crippen LogP) is 3.35. The molecule has 1 N–H and O–H groups in total. The Hall–Kier alpha value is -2.03. The number of carbonyl (C=O) groups excluding carboxylic acids is 1. The van der Waals surface area contributed by atoms with E-state index in [4.69, 9.17) is 28.4 Å². The average molecular weight is 442 g/mol. The number of carbonyl (C=O) groups is 1. The second kappa shape index (κ2) is 14.9. The van der Waals surface area contributed by atoms with Crippen molar-refractivity contribution in [3.05, 3.63) is 17.7 Å². The van der Waals surface area contributed by atoms with Crippen LogP contribution in [0.25, 0.3) is 0 Å². The van der Waals surface area contributed by atoms with Gasteiger partial charge in [0.05, 0.1) is 46.2 Å². The van der Waals surface area contributed by atoms with Crippen LogP contribution >= 0.6 is 0 Å². The highest BCUT2D eigenvalue weighted by Crippen LogP contribution is 2.34. The van der Waals surface area contributed by atoms with Gasteiger partial charge < -0.3 is 33.7 Å². The molecule has 0 aliphatic heterocycles. The molecule has 8 heteroatoms. The number of ether oxygens (including phenoxy) is 6. The normalized spacial score (nSPS) is 11.3. The molecule has 1 rings (SSSR count). The van der Waals surface area contributed by atoms with Gasteiger partial charge in [0.25, 0.3) is 0 Å². The highest BCUT2D eigenvalue weighted by Gasteiger charge is 2.15. The molecule has 0 radical (unpaired) electrons. The Labute approximate surface area is 186 Å². The first kappa shape index (κ1) is 27.0. The fourth-order valence-electron chi connectivity index (χ4n) is 2.78. The van der Waals surface area contributed by atoms with Crippen molar-refractivity contribution in [3.63, 3.8) is 0 Å². The maximum atomic E-state index is 11.6. The minimum Gasteiger partial charge on any atom is -0.496 e. The van der Waals surface area contributed by atoms with Gasteiger partial charge in [0.15, 0.2) is 0 Å². The third-order valence-corrected chi connectivity index (χ3v) is 4.08. The molecule has 0 atom stereocenters. The standard InChI is InChI=1S/C23H39NO7/c1-7-30-18-15-20(26-5)19(21(16-18)27-6)17-24-10-12-29-14-13-28-11-8-9-22(25)31-23(2,3)4/h15-16,24H,7-14,17H2,1-6H3. The number of hydrogen-bond donors (Lipinski definition) is 1. The molecule has 0 amide bonds. The molecule has 0 aliphatic carbocycles. The van der Waals surface area contributed by atoms with Crippen molar-refractivity contribution in [1.29, 1.82) is 0 Å². The van der Waals surface area contributed by atoms with E-state index in [-0.39, 0.29) is 5.97 Å². The Kier molecular flexibility index (Phi) is 13.0. The Morgan fingerprint density at radius 3 is 2.13 bits per heavy atom. The number of benzene rings is 1. The fraction of sp³-hybridized carbons (Fsp3) is 0.696. The highest BCUT2D eigenvalue weighted by molar-refractivity contribution is 5.69. The Morgan fingerprint density at radius 1 is 0.968 bits per heavy atom. The second-order valence-electron chi connectivity index (χ2n) is 7.83. The number of methoxy groups -OCH3 is 2. The van der Waals surface area contributed by atoms with Gasteiger partial charge in [-0.2, -0.15) is 0 Å². The number of rotatable bonds is 16. The molecule has 0 heterocycles. The zero-order valence-electron chi connectivity index (χ0n) is 19.9. The maximum Gasteiger partial charge on any atom is 0.306 e. The minimum absolute atomic E-state index is 0.195. The molecule has 0 aromatic heterocycles. The summed E-state index contributed by atoms with van der Waals surface area (Å²) >= 11 is 0. The molecule has 178 valence electrons. The van der Waals surface area contributed by atoms with Crippen LogP contribution in [0.5, 0.6) is 17.2 Å². The molecule has 1 aromatic rings. The van der Waals surface area contributed by atoms with E-state index in [1.54, 1.807) is 14.2 Å². The van der Waals surface area contributed by atoms with E-state index in [1.165, 1.54) is 0 Å². The molecule has 0 saturated heterocycles. The minimum atomic E-state index is -0.441. The lowest BCUT2D eigenvalue weighted by molar-refractivity contribution is -0.155. The number of hydrogen-bond acceptors (Lipinski definition) is 8. The van der Waals surface area contributed by atoms with Crippen LogP contribution in [0.4, 0.5) is 0 Å². The van der Waals surface area contributed by atoms with Gasteiger partial charge >= 0.3 is 5.97 Å². The molecular weight excluding hydrogens is 402 g/mol. The van der Waals surface area contributed by atoms with Gasteiger partial charge in [0.1, 0.15) is 22.8 Å². The van der Waals surface area contributed by atoms with E-state index in [0.29, 0.717) is 59.0 Å². The monoisotopic (exact) mass is 441 g/mol. The summed E-state index contributed by atoms with van der Waals surface area (Å²) in [5.74, 6) is 1.96. The third-order valence-electron chi connectivity index (χ3n) is 4.08. The summed E-state index contributed by atoms with van der Waals surface area (Å²) in [5, 5.41) is 3.33. The smallest absolute Gasteiger partial charge is 0.306 e. The van der Waals surface area contributed by atoms with E-state index < -0.39 is 5.60 Å². The van der Waals surface area contributed by atoms with E-state index >= 15 is 0 Å². The average Bonchev–Trinajstić information content (AvgIpc) is 2.71. The zero-order chi connectivity index (χ0) is 23.1. The summed E-state index contributed by atoms with van der Waals surface area (Å²) in [4.78, 5) is 11.6. The van der Waals surface area contributed by atoms with Crippen LogP contribution in [0.2, 0.25) is 0 Å². The molecule has 0 saturated carbocycles. The lowest BCUT2D eigenvalue weighted by Gasteiger charge is -2.19. The largest absolute Gasteiger partial charge is 0.496 e. The van der Waals surface area contributed by atoms with Crippen molar-refractivity contribution in [2.24, 2.45) is 0 Å². The van der Waals surface area contributed by atoms with Gasteiger partial charge in [0.2, 0.25) is 0 Å². The van der Waals surface area contributed by atoms with Gasteiger partial charge in [-0.1, -0.05) is 0 Å². The summed E-state index contributed by atoms with van der Waals surface area (Å²) in [7, 11) is 3.26. The Balaban J connectivity index is 2.16. The predicted molar refractivity (Wildman–Crippen MR) is 119 cm³/mol. The number of esters is 1. The van der Waals surface area contributed by atoms with Gasteiger partial charge in [0, 0.05) is 38.2 Å². The molecule has 0 spiro atoms. The summed E-state index contributed by atoms with van der Waals surface area (Å²) in [6, 6.07) is 3.72. The van der Waals surface area contributed by atoms with Crippen molar-refractivity contribution in [3.8, 4) is 17.2 Å². The maximum absolute atomic E-state index is 11.6. The van der Waals surface area contributed by atoms with Crippen LogP contribution in [0.15, 0.2) is 12.1 Å². The van der Waals surface area contributed by atoms with Gasteiger partial charge in [-0.25, -0.2) is 0 Å². The van der Waals surface area contributed by atoms with E-state index in [0.717, 1.165) is 22.8 Å². The zero-order valence-corrected chi connectivity index (χ0v) is 19.9. The molecule has 31 heavy (non-hydrogen) atoms. The lowest BCUT2D eigenvalue weighted by Crippen LogP contribution is -2.24. The lowest BCUT2D eigenvalue weighted by atomic mass is 10.1. The molecule has 0 bridgehead atoms.